The van der Waals surface area contributed by atoms with E-state index in [1.165, 1.54) is 11.2 Å². The molecule has 0 unspecified atom stereocenters. The van der Waals surface area contributed by atoms with Crippen LogP contribution in [0, 0.1) is 0 Å². The van der Waals surface area contributed by atoms with E-state index in [2.05, 4.69) is 5.32 Å². The zero-order chi connectivity index (χ0) is 18.2. The summed E-state index contributed by atoms with van der Waals surface area (Å²) in [4.78, 5) is 25.6. The highest BCUT2D eigenvalue weighted by molar-refractivity contribution is 6.39. The average Bonchev–Trinajstić information content (AvgIpc) is 3.08. The van der Waals surface area contributed by atoms with Crippen LogP contribution >= 0.6 is 23.2 Å². The zero-order valence-corrected chi connectivity index (χ0v) is 15.1. The van der Waals surface area contributed by atoms with Crippen molar-refractivity contribution in [1.82, 2.24) is 4.90 Å². The van der Waals surface area contributed by atoms with Gasteiger partial charge in [-0.1, -0.05) is 29.3 Å². The van der Waals surface area contributed by atoms with Gasteiger partial charge in [-0.05, 0) is 31.2 Å². The molecule has 1 aromatic heterocycles. The SMILES string of the molecule is CCOC(=O)CCN(Cc1ccco1)C(=O)Nc1c(Cl)cccc1Cl. The number of hydrogen-bond donors (Lipinski definition) is 1. The third-order valence-corrected chi connectivity index (χ3v) is 3.93. The van der Waals surface area contributed by atoms with E-state index in [9.17, 15) is 9.59 Å². The molecule has 2 aromatic rings. The summed E-state index contributed by atoms with van der Waals surface area (Å²) in [7, 11) is 0. The summed E-state index contributed by atoms with van der Waals surface area (Å²) in [6, 6.07) is 7.95. The first-order valence-corrected chi connectivity index (χ1v) is 8.44. The van der Waals surface area contributed by atoms with E-state index in [4.69, 9.17) is 32.4 Å². The van der Waals surface area contributed by atoms with Crippen molar-refractivity contribution >= 4 is 40.9 Å². The van der Waals surface area contributed by atoms with Gasteiger partial charge in [0, 0.05) is 6.54 Å². The number of furan rings is 1. The molecule has 0 bridgehead atoms. The molecule has 2 amide bonds. The van der Waals surface area contributed by atoms with Crippen molar-refractivity contribution in [3.8, 4) is 0 Å². The second kappa shape index (κ2) is 9.34. The summed E-state index contributed by atoms with van der Waals surface area (Å²) in [5.74, 6) is 0.208. The molecule has 0 spiro atoms. The molecule has 0 radical (unpaired) electrons. The molecular weight excluding hydrogens is 367 g/mol. The number of ether oxygens (including phenoxy) is 1. The highest BCUT2D eigenvalue weighted by atomic mass is 35.5. The van der Waals surface area contributed by atoms with E-state index in [-0.39, 0.29) is 25.5 Å². The largest absolute Gasteiger partial charge is 0.467 e. The molecule has 2 rings (SSSR count). The Bertz CT molecular complexity index is 699. The number of anilines is 1. The van der Waals surface area contributed by atoms with Crippen molar-refractivity contribution in [3.05, 3.63) is 52.4 Å². The number of nitrogens with zero attached hydrogens (tertiary/aromatic N) is 1. The molecule has 0 fully saturated rings. The van der Waals surface area contributed by atoms with E-state index < -0.39 is 6.03 Å². The number of hydrogen-bond acceptors (Lipinski definition) is 4. The topological polar surface area (TPSA) is 71.8 Å². The fourth-order valence-electron chi connectivity index (χ4n) is 2.11. The van der Waals surface area contributed by atoms with Crippen LogP contribution in [0.2, 0.25) is 10.0 Å². The third-order valence-electron chi connectivity index (χ3n) is 3.30. The van der Waals surface area contributed by atoms with Gasteiger partial charge in [0.2, 0.25) is 0 Å². The smallest absolute Gasteiger partial charge is 0.322 e. The molecule has 0 saturated carbocycles. The van der Waals surface area contributed by atoms with Gasteiger partial charge in [-0.15, -0.1) is 0 Å². The van der Waals surface area contributed by atoms with Gasteiger partial charge < -0.3 is 19.4 Å². The van der Waals surface area contributed by atoms with Gasteiger partial charge in [0.1, 0.15) is 5.76 Å². The molecule has 25 heavy (non-hydrogen) atoms. The van der Waals surface area contributed by atoms with Crippen LogP contribution in [0.1, 0.15) is 19.1 Å². The van der Waals surface area contributed by atoms with Crippen LogP contribution in [0.5, 0.6) is 0 Å². The number of carbonyl (C=O) groups is 2. The van der Waals surface area contributed by atoms with Gasteiger partial charge in [0.15, 0.2) is 0 Å². The van der Waals surface area contributed by atoms with Crippen LogP contribution in [0.4, 0.5) is 10.5 Å². The first-order chi connectivity index (χ1) is 12.0. The van der Waals surface area contributed by atoms with Gasteiger partial charge in [-0.3, -0.25) is 4.79 Å². The number of amides is 2. The molecule has 0 aliphatic heterocycles. The quantitative estimate of drug-likeness (QED) is 0.709. The van der Waals surface area contributed by atoms with Crippen molar-refractivity contribution in [3.63, 3.8) is 0 Å². The molecule has 6 nitrogen and oxygen atoms in total. The predicted octanol–water partition coefficient (Wildman–Crippen LogP) is 4.57. The Hall–Kier alpha value is -2.18. The molecule has 0 aliphatic carbocycles. The minimum Gasteiger partial charge on any atom is -0.467 e. The Balaban J connectivity index is 2.09. The maximum Gasteiger partial charge on any atom is 0.322 e. The standard InChI is InChI=1S/C17H18Cl2N2O4/c1-2-24-15(22)8-9-21(11-12-5-4-10-25-12)17(23)20-16-13(18)6-3-7-14(16)19/h3-7,10H,2,8-9,11H2,1H3,(H,20,23). The molecular formula is C17H18Cl2N2O4. The van der Waals surface area contributed by atoms with Gasteiger partial charge >= 0.3 is 12.0 Å². The minimum atomic E-state index is -0.448. The van der Waals surface area contributed by atoms with Gasteiger partial charge in [-0.25, -0.2) is 4.79 Å². The fourth-order valence-corrected chi connectivity index (χ4v) is 2.60. The van der Waals surface area contributed by atoms with E-state index in [1.54, 1.807) is 37.3 Å². The Kier molecular flexibility index (Phi) is 7.16. The first-order valence-electron chi connectivity index (χ1n) is 7.69. The highest BCUT2D eigenvalue weighted by Gasteiger charge is 2.19. The second-order valence-corrected chi connectivity index (χ2v) is 5.90. The van der Waals surface area contributed by atoms with E-state index in [1.807, 2.05) is 0 Å². The summed E-state index contributed by atoms with van der Waals surface area (Å²) >= 11 is 12.2. The number of carbonyl (C=O) groups excluding carboxylic acids is 2. The van der Waals surface area contributed by atoms with Crippen molar-refractivity contribution in [2.75, 3.05) is 18.5 Å². The summed E-state index contributed by atoms with van der Waals surface area (Å²) in [6.07, 6.45) is 1.58. The lowest BCUT2D eigenvalue weighted by Crippen LogP contribution is -2.36. The number of halogens is 2. The number of nitrogens with one attached hydrogen (secondary N) is 1. The van der Waals surface area contributed by atoms with E-state index in [0.717, 1.165) is 0 Å². The maximum atomic E-state index is 12.6. The van der Waals surface area contributed by atoms with Crippen molar-refractivity contribution < 1.29 is 18.7 Å². The van der Waals surface area contributed by atoms with Crippen LogP contribution in [0.15, 0.2) is 41.0 Å². The maximum absolute atomic E-state index is 12.6. The number of esters is 1. The van der Waals surface area contributed by atoms with Crippen LogP contribution in [0.3, 0.4) is 0 Å². The zero-order valence-electron chi connectivity index (χ0n) is 13.6. The average molecular weight is 385 g/mol. The Morgan fingerprint density at radius 2 is 1.92 bits per heavy atom. The van der Waals surface area contributed by atoms with Crippen molar-refractivity contribution in [1.29, 1.82) is 0 Å². The fraction of sp³-hybridized carbons (Fsp3) is 0.294. The molecule has 1 aromatic carbocycles. The van der Waals surface area contributed by atoms with Gasteiger partial charge in [0.25, 0.3) is 0 Å². The summed E-state index contributed by atoms with van der Waals surface area (Å²) in [6.45, 7) is 2.37. The van der Waals surface area contributed by atoms with Crippen LogP contribution in [0.25, 0.3) is 0 Å². The highest BCUT2D eigenvalue weighted by Crippen LogP contribution is 2.30. The Labute approximate surface area is 155 Å². The lowest BCUT2D eigenvalue weighted by Gasteiger charge is -2.22. The number of urea groups is 1. The van der Waals surface area contributed by atoms with Crippen LogP contribution < -0.4 is 5.32 Å². The molecule has 0 saturated heterocycles. The normalized spacial score (nSPS) is 10.4. The van der Waals surface area contributed by atoms with Gasteiger partial charge in [0.05, 0.1) is 41.6 Å². The summed E-state index contributed by atoms with van der Waals surface area (Å²) in [5.41, 5.74) is 0.316. The molecule has 0 atom stereocenters. The summed E-state index contributed by atoms with van der Waals surface area (Å²) in [5, 5.41) is 3.32. The predicted molar refractivity (Wildman–Crippen MR) is 95.8 cm³/mol. The molecule has 8 heteroatoms. The third kappa shape index (κ3) is 5.69. The van der Waals surface area contributed by atoms with Crippen LogP contribution in [-0.4, -0.2) is 30.1 Å². The first kappa shape index (κ1) is 19.1. The monoisotopic (exact) mass is 384 g/mol. The minimum absolute atomic E-state index is 0.0677. The number of para-hydroxylation sites is 1. The van der Waals surface area contributed by atoms with E-state index >= 15 is 0 Å². The van der Waals surface area contributed by atoms with E-state index in [0.29, 0.717) is 28.1 Å². The lowest BCUT2D eigenvalue weighted by molar-refractivity contribution is -0.143. The molecule has 1 heterocycles. The molecule has 0 aliphatic rings. The van der Waals surface area contributed by atoms with Crippen LogP contribution in [-0.2, 0) is 16.1 Å². The Morgan fingerprint density at radius 1 is 1.20 bits per heavy atom. The van der Waals surface area contributed by atoms with Gasteiger partial charge in [-0.2, -0.15) is 0 Å². The lowest BCUT2D eigenvalue weighted by atomic mass is 10.3. The van der Waals surface area contributed by atoms with Crippen molar-refractivity contribution in [2.45, 2.75) is 19.9 Å². The molecule has 134 valence electrons. The molecule has 1 N–H and O–H groups in total. The number of benzene rings is 1. The summed E-state index contributed by atoms with van der Waals surface area (Å²) < 4.78 is 10.2. The second-order valence-electron chi connectivity index (χ2n) is 5.08. The van der Waals surface area contributed by atoms with Crippen molar-refractivity contribution in [2.24, 2.45) is 0 Å². The Morgan fingerprint density at radius 3 is 2.52 bits per heavy atom. The number of rotatable bonds is 7.